The van der Waals surface area contributed by atoms with Crippen molar-refractivity contribution >= 4 is 22.8 Å². The van der Waals surface area contributed by atoms with Crippen LogP contribution in [0.2, 0.25) is 0 Å². The molecule has 3 aromatic rings. The average molecular weight is 410 g/mol. The van der Waals surface area contributed by atoms with E-state index in [0.717, 1.165) is 25.7 Å². The lowest BCUT2D eigenvalue weighted by molar-refractivity contribution is -0.385. The van der Waals surface area contributed by atoms with E-state index >= 15 is 0 Å². The van der Waals surface area contributed by atoms with Gasteiger partial charge in [-0.05, 0) is 37.5 Å². The minimum Gasteiger partial charge on any atom is -0.369 e. The van der Waals surface area contributed by atoms with Gasteiger partial charge in [-0.2, -0.15) is 4.98 Å². The summed E-state index contributed by atoms with van der Waals surface area (Å²) < 4.78 is 4.34. The van der Waals surface area contributed by atoms with Crippen molar-refractivity contribution in [3.8, 4) is 0 Å². The van der Waals surface area contributed by atoms with Gasteiger partial charge in [-0.1, -0.05) is 18.2 Å². The van der Waals surface area contributed by atoms with Crippen LogP contribution in [0.4, 0.5) is 11.6 Å². The summed E-state index contributed by atoms with van der Waals surface area (Å²) in [5.41, 5.74) is 6.22. The molecule has 0 bridgehead atoms. The Morgan fingerprint density at radius 3 is 2.30 bits per heavy atom. The standard InChI is InChI=1S/C20H22N6O4/c21-19-22-17-16(23(19)11-14-3-1-2-4-15(14)26(29)30)18(27)25(10-13-7-8-13)20(28)24(17)9-12-5-6-12/h1-4,12-13H,5-11H2,(H2,21,22). The lowest BCUT2D eigenvalue weighted by Gasteiger charge is -2.12. The maximum Gasteiger partial charge on any atom is 0.332 e. The third-order valence-corrected chi connectivity index (χ3v) is 5.94. The van der Waals surface area contributed by atoms with Gasteiger partial charge in [0.05, 0.1) is 11.5 Å². The SMILES string of the molecule is Nc1nc2c(c(=O)n(CC3CC3)c(=O)n2CC2CC2)n1Cc1ccccc1[N+](=O)[O-]. The summed E-state index contributed by atoms with van der Waals surface area (Å²) in [6, 6.07) is 6.34. The van der Waals surface area contributed by atoms with Crippen LogP contribution in [0, 0.1) is 22.0 Å². The molecule has 30 heavy (non-hydrogen) atoms. The number of imidazole rings is 1. The van der Waals surface area contributed by atoms with Crippen LogP contribution in [0.1, 0.15) is 31.2 Å². The number of rotatable bonds is 7. The number of nitrogens with zero attached hydrogens (tertiary/aromatic N) is 5. The van der Waals surface area contributed by atoms with E-state index in [-0.39, 0.29) is 35.0 Å². The van der Waals surface area contributed by atoms with Crippen LogP contribution in [0.25, 0.3) is 11.2 Å². The molecule has 10 nitrogen and oxygen atoms in total. The van der Waals surface area contributed by atoms with Gasteiger partial charge in [0.1, 0.15) is 0 Å². The van der Waals surface area contributed by atoms with Crippen molar-refractivity contribution in [1.29, 1.82) is 0 Å². The summed E-state index contributed by atoms with van der Waals surface area (Å²) >= 11 is 0. The molecule has 2 aromatic heterocycles. The molecule has 2 saturated carbocycles. The van der Waals surface area contributed by atoms with E-state index < -0.39 is 10.5 Å². The van der Waals surface area contributed by atoms with E-state index in [1.165, 1.54) is 15.2 Å². The normalized spacial score (nSPS) is 16.3. The second-order valence-electron chi connectivity index (χ2n) is 8.31. The van der Waals surface area contributed by atoms with Gasteiger partial charge < -0.3 is 5.73 Å². The van der Waals surface area contributed by atoms with Crippen LogP contribution < -0.4 is 17.0 Å². The second-order valence-corrected chi connectivity index (χ2v) is 8.31. The van der Waals surface area contributed by atoms with Gasteiger partial charge in [0.15, 0.2) is 11.2 Å². The number of fused-ring (bicyclic) bond motifs is 1. The predicted octanol–water partition coefficient (Wildman–Crippen LogP) is 1.72. The van der Waals surface area contributed by atoms with Crippen molar-refractivity contribution in [2.75, 3.05) is 5.73 Å². The Morgan fingerprint density at radius 1 is 1.03 bits per heavy atom. The van der Waals surface area contributed by atoms with E-state index in [0.29, 0.717) is 30.5 Å². The number of nitrogens with two attached hydrogens (primary N) is 1. The molecule has 0 saturated heterocycles. The van der Waals surface area contributed by atoms with Crippen LogP contribution in [-0.4, -0.2) is 23.6 Å². The highest BCUT2D eigenvalue weighted by Crippen LogP contribution is 2.32. The lowest BCUT2D eigenvalue weighted by Crippen LogP contribution is -2.41. The predicted molar refractivity (Wildman–Crippen MR) is 110 cm³/mol. The van der Waals surface area contributed by atoms with E-state index in [1.54, 1.807) is 22.8 Å². The molecule has 1 aromatic carbocycles. The first-order valence-electron chi connectivity index (χ1n) is 10.2. The van der Waals surface area contributed by atoms with Crippen molar-refractivity contribution in [3.05, 3.63) is 60.8 Å². The van der Waals surface area contributed by atoms with E-state index in [9.17, 15) is 19.7 Å². The smallest absolute Gasteiger partial charge is 0.332 e. The molecule has 2 N–H and O–H groups in total. The Hall–Kier alpha value is -3.43. The highest BCUT2D eigenvalue weighted by molar-refractivity contribution is 5.74. The molecule has 2 heterocycles. The summed E-state index contributed by atoms with van der Waals surface area (Å²) in [6.07, 6.45) is 4.10. The first kappa shape index (κ1) is 18.6. The maximum atomic E-state index is 13.3. The Balaban J connectivity index is 1.71. The van der Waals surface area contributed by atoms with Crippen LogP contribution in [-0.2, 0) is 19.6 Å². The highest BCUT2D eigenvalue weighted by atomic mass is 16.6. The van der Waals surface area contributed by atoms with Gasteiger partial charge in [0.25, 0.3) is 11.2 Å². The third-order valence-electron chi connectivity index (χ3n) is 5.94. The van der Waals surface area contributed by atoms with Gasteiger partial charge in [-0.25, -0.2) is 4.79 Å². The Morgan fingerprint density at radius 2 is 1.67 bits per heavy atom. The van der Waals surface area contributed by atoms with Crippen molar-refractivity contribution in [3.63, 3.8) is 0 Å². The topological polar surface area (TPSA) is 131 Å². The molecule has 0 atom stereocenters. The summed E-state index contributed by atoms with van der Waals surface area (Å²) in [5, 5.41) is 11.4. The van der Waals surface area contributed by atoms with Crippen LogP contribution >= 0.6 is 0 Å². The van der Waals surface area contributed by atoms with Gasteiger partial charge >= 0.3 is 5.69 Å². The fourth-order valence-corrected chi connectivity index (χ4v) is 3.90. The first-order chi connectivity index (χ1) is 14.4. The van der Waals surface area contributed by atoms with Crippen molar-refractivity contribution < 1.29 is 4.92 Å². The molecule has 156 valence electrons. The summed E-state index contributed by atoms with van der Waals surface area (Å²) in [6.45, 7) is 0.914. The molecule has 2 aliphatic rings. The number of hydrogen-bond acceptors (Lipinski definition) is 6. The molecule has 0 spiro atoms. The van der Waals surface area contributed by atoms with Crippen molar-refractivity contribution in [1.82, 2.24) is 18.7 Å². The minimum atomic E-state index is -0.459. The van der Waals surface area contributed by atoms with Gasteiger partial charge in [-0.15, -0.1) is 0 Å². The van der Waals surface area contributed by atoms with Crippen LogP contribution in [0.15, 0.2) is 33.9 Å². The number of nitro benzene ring substituents is 1. The summed E-state index contributed by atoms with van der Waals surface area (Å²) in [7, 11) is 0. The third kappa shape index (κ3) is 3.17. The Kier molecular flexibility index (Phi) is 4.23. The number of benzene rings is 1. The maximum absolute atomic E-state index is 13.3. The van der Waals surface area contributed by atoms with E-state index in [4.69, 9.17) is 5.73 Å². The molecule has 0 unspecified atom stereocenters. The van der Waals surface area contributed by atoms with Crippen molar-refractivity contribution in [2.24, 2.45) is 11.8 Å². The number of aromatic nitrogens is 4. The van der Waals surface area contributed by atoms with E-state index in [1.807, 2.05) is 0 Å². The average Bonchev–Trinajstić information content (AvgIpc) is 3.64. The van der Waals surface area contributed by atoms with E-state index in [2.05, 4.69) is 4.98 Å². The summed E-state index contributed by atoms with van der Waals surface area (Å²) in [4.78, 5) is 41.7. The molecule has 0 radical (unpaired) electrons. The quantitative estimate of drug-likeness (QED) is 0.466. The molecule has 5 rings (SSSR count). The van der Waals surface area contributed by atoms with Gasteiger partial charge in [-0.3, -0.25) is 28.6 Å². The monoisotopic (exact) mass is 410 g/mol. The zero-order chi connectivity index (χ0) is 21.0. The number of nitro groups is 1. The lowest BCUT2D eigenvalue weighted by atomic mass is 10.2. The molecule has 0 amide bonds. The second kappa shape index (κ2) is 6.82. The summed E-state index contributed by atoms with van der Waals surface area (Å²) in [5.74, 6) is 0.805. The zero-order valence-electron chi connectivity index (χ0n) is 16.4. The van der Waals surface area contributed by atoms with Crippen LogP contribution in [0.5, 0.6) is 0 Å². The molecular weight excluding hydrogens is 388 g/mol. The first-order valence-corrected chi connectivity index (χ1v) is 10.2. The number of anilines is 1. The zero-order valence-corrected chi connectivity index (χ0v) is 16.4. The fraction of sp³-hybridized carbons (Fsp3) is 0.450. The van der Waals surface area contributed by atoms with Crippen LogP contribution in [0.3, 0.4) is 0 Å². The molecule has 0 aliphatic heterocycles. The number of hydrogen-bond donors (Lipinski definition) is 1. The van der Waals surface area contributed by atoms with Gasteiger partial charge in [0.2, 0.25) is 5.95 Å². The minimum absolute atomic E-state index is 0.0276. The highest BCUT2D eigenvalue weighted by Gasteiger charge is 2.30. The molecule has 2 aliphatic carbocycles. The van der Waals surface area contributed by atoms with Gasteiger partial charge in [0, 0.05) is 24.7 Å². The Bertz CT molecular complexity index is 1280. The number of para-hydroxylation sites is 1. The fourth-order valence-electron chi connectivity index (χ4n) is 3.90. The number of nitrogen functional groups attached to an aromatic ring is 1. The molecule has 2 fully saturated rings. The van der Waals surface area contributed by atoms with Crippen molar-refractivity contribution in [2.45, 2.75) is 45.3 Å². The largest absolute Gasteiger partial charge is 0.369 e. The molecular formula is C20H22N6O4. The molecule has 10 heteroatoms. The Labute approximate surface area is 170 Å².